The van der Waals surface area contributed by atoms with Crippen molar-refractivity contribution < 1.29 is 28.9 Å². The van der Waals surface area contributed by atoms with Crippen molar-refractivity contribution in [1.29, 1.82) is 0 Å². The van der Waals surface area contributed by atoms with Gasteiger partial charge in [-0.3, -0.25) is 0 Å². The van der Waals surface area contributed by atoms with Crippen LogP contribution in [0.3, 0.4) is 0 Å². The van der Waals surface area contributed by atoms with Gasteiger partial charge in [0.15, 0.2) is 6.29 Å². The van der Waals surface area contributed by atoms with Crippen molar-refractivity contribution >= 4 is 24.7 Å². The minimum Gasteiger partial charge on any atom is -0.478 e. The van der Waals surface area contributed by atoms with Crippen LogP contribution in [0, 0.1) is 0 Å². The van der Waals surface area contributed by atoms with Crippen LogP contribution in [0.25, 0.3) is 0 Å². The van der Waals surface area contributed by atoms with Crippen LogP contribution in [0.5, 0.6) is 0 Å². The van der Waals surface area contributed by atoms with Gasteiger partial charge in [0.1, 0.15) is 6.10 Å². The maximum Gasteiger partial charge on any atom is 0.327 e. The maximum atomic E-state index is 11.0. The minimum atomic E-state index is -2.78. The number of aliphatic hydroxyl groups is 1. The average Bonchev–Trinajstić information content (AvgIpc) is 2.83. The Balaban J connectivity index is 1.80. The lowest BCUT2D eigenvalue weighted by Gasteiger charge is -2.48. The lowest BCUT2D eigenvalue weighted by Crippen LogP contribution is -2.69. The second-order valence-corrected chi connectivity index (χ2v) is 14.8. The molecule has 0 aliphatic carbocycles. The van der Waals surface area contributed by atoms with Gasteiger partial charge in [0.25, 0.3) is 8.32 Å². The lowest BCUT2D eigenvalue weighted by atomic mass is 10.0. The summed E-state index contributed by atoms with van der Waals surface area (Å²) in [6.07, 6.45) is 1.99. The monoisotopic (exact) mass is 512 g/mol. The van der Waals surface area contributed by atoms with Crippen LogP contribution in [0.15, 0.2) is 72.8 Å². The lowest BCUT2D eigenvalue weighted by molar-refractivity contribution is -0.271. The molecule has 0 amide bonds. The molecule has 7 heteroatoms. The fourth-order valence-corrected chi connectivity index (χ4v) is 9.68. The summed E-state index contributed by atoms with van der Waals surface area (Å²) in [5.41, 5.74) is 0. The zero-order valence-corrected chi connectivity index (χ0v) is 23.0. The number of carboxylic acids is 1. The summed E-state index contributed by atoms with van der Waals surface area (Å²) in [7, 11) is -2.78. The molecule has 3 rings (SSSR count). The van der Waals surface area contributed by atoms with Gasteiger partial charge >= 0.3 is 5.97 Å². The van der Waals surface area contributed by atoms with Crippen LogP contribution in [0.2, 0.25) is 5.04 Å². The number of carboxylic acid groups (broad SMARTS) is 1. The first-order valence-corrected chi connectivity index (χ1v) is 14.6. The molecule has 0 saturated carbocycles. The van der Waals surface area contributed by atoms with Crippen LogP contribution in [0.4, 0.5) is 0 Å². The van der Waals surface area contributed by atoms with Gasteiger partial charge < -0.3 is 24.1 Å². The summed E-state index contributed by atoms with van der Waals surface area (Å²) >= 11 is 0. The van der Waals surface area contributed by atoms with Gasteiger partial charge in [0, 0.05) is 12.5 Å². The number of allylic oxidation sites excluding steroid dienone is 1. The molecule has 0 bridgehead atoms. The molecule has 2 aromatic carbocycles. The van der Waals surface area contributed by atoms with Crippen molar-refractivity contribution in [2.75, 3.05) is 0 Å². The Morgan fingerprint density at radius 1 is 1.11 bits per heavy atom. The van der Waals surface area contributed by atoms with Crippen LogP contribution < -0.4 is 10.4 Å². The van der Waals surface area contributed by atoms with Gasteiger partial charge in [-0.1, -0.05) is 87.5 Å². The van der Waals surface area contributed by atoms with E-state index in [0.717, 1.165) is 6.08 Å². The number of hydrogen-bond donors (Lipinski definition) is 2. The third kappa shape index (κ3) is 6.72. The second-order valence-electron chi connectivity index (χ2n) is 10.6. The quantitative estimate of drug-likeness (QED) is 0.366. The largest absolute Gasteiger partial charge is 0.478 e. The first kappa shape index (κ1) is 28.3. The van der Waals surface area contributed by atoms with Gasteiger partial charge in [-0.15, -0.1) is 0 Å². The second kappa shape index (κ2) is 12.3. The van der Waals surface area contributed by atoms with Gasteiger partial charge in [-0.25, -0.2) is 4.79 Å². The Kier molecular flexibility index (Phi) is 9.66. The van der Waals surface area contributed by atoms with E-state index in [9.17, 15) is 9.90 Å². The fourth-order valence-electron chi connectivity index (χ4n) is 4.93. The summed E-state index contributed by atoms with van der Waals surface area (Å²) in [4.78, 5) is 10.6. The molecular formula is C29H40O6Si. The molecule has 1 unspecified atom stereocenters. The molecule has 0 radical (unpaired) electrons. The summed E-state index contributed by atoms with van der Waals surface area (Å²) < 4.78 is 19.4. The summed E-state index contributed by atoms with van der Waals surface area (Å²) in [6, 6.07) is 20.9. The molecule has 36 heavy (non-hydrogen) atoms. The van der Waals surface area contributed by atoms with Crippen LogP contribution in [-0.2, 0) is 18.7 Å². The van der Waals surface area contributed by atoms with Crippen LogP contribution in [-0.4, -0.2) is 55.2 Å². The number of rotatable bonds is 10. The van der Waals surface area contributed by atoms with E-state index >= 15 is 0 Å². The fraction of sp³-hybridized carbons (Fsp3) is 0.483. The molecule has 0 spiro atoms. The normalized spacial score (nSPS) is 24.1. The third-order valence-corrected chi connectivity index (χ3v) is 11.8. The topological polar surface area (TPSA) is 85.2 Å². The van der Waals surface area contributed by atoms with E-state index in [0.29, 0.717) is 19.3 Å². The van der Waals surface area contributed by atoms with E-state index in [-0.39, 0.29) is 23.4 Å². The molecule has 196 valence electrons. The molecule has 0 aromatic heterocycles. The molecule has 1 aliphatic rings. The Bertz CT molecular complexity index is 948. The van der Waals surface area contributed by atoms with Gasteiger partial charge in [0.05, 0.1) is 18.3 Å². The Morgan fingerprint density at radius 3 is 2.17 bits per heavy atom. The molecule has 1 fully saturated rings. The van der Waals surface area contributed by atoms with Crippen molar-refractivity contribution in [2.45, 2.75) is 89.6 Å². The van der Waals surface area contributed by atoms with Gasteiger partial charge in [0.2, 0.25) is 0 Å². The Morgan fingerprint density at radius 2 is 1.67 bits per heavy atom. The van der Waals surface area contributed by atoms with E-state index in [1.165, 1.54) is 10.4 Å². The molecule has 1 heterocycles. The zero-order valence-electron chi connectivity index (χ0n) is 22.0. The smallest absolute Gasteiger partial charge is 0.327 e. The highest BCUT2D eigenvalue weighted by Gasteiger charge is 2.53. The number of benzene rings is 2. The van der Waals surface area contributed by atoms with Gasteiger partial charge in [-0.2, -0.15) is 0 Å². The highest BCUT2D eigenvalue weighted by molar-refractivity contribution is 6.99. The zero-order chi connectivity index (χ0) is 26.3. The van der Waals surface area contributed by atoms with Crippen molar-refractivity contribution in [1.82, 2.24) is 0 Å². The molecule has 1 saturated heterocycles. The molecular weight excluding hydrogens is 472 g/mol. The maximum absolute atomic E-state index is 11.0. The molecule has 2 aromatic rings. The number of aliphatic carboxylic acids is 1. The molecule has 5 atom stereocenters. The molecule has 1 aliphatic heterocycles. The minimum absolute atomic E-state index is 0.175. The number of ether oxygens (including phenoxy) is 2. The number of hydrogen-bond acceptors (Lipinski definition) is 5. The van der Waals surface area contributed by atoms with Crippen molar-refractivity contribution in [3.05, 3.63) is 72.8 Å². The van der Waals surface area contributed by atoms with Crippen LogP contribution >= 0.6 is 0 Å². The highest BCUT2D eigenvalue weighted by Crippen LogP contribution is 2.39. The van der Waals surface area contributed by atoms with E-state index in [4.69, 9.17) is 19.0 Å². The van der Waals surface area contributed by atoms with E-state index in [1.54, 1.807) is 6.08 Å². The molecule has 2 N–H and O–H groups in total. The SMILES string of the molecule is CC(CC/C=C/C(=O)O)O[C@@H]1O[C@@H](C)[C@H](O[Si](c2ccccc2)(c2ccccc2)C(C)(C)C)C[C@H]1O. The predicted molar refractivity (Wildman–Crippen MR) is 144 cm³/mol. The van der Waals surface area contributed by atoms with Gasteiger partial charge in [-0.05, 0) is 42.1 Å². The van der Waals surface area contributed by atoms with E-state index < -0.39 is 26.7 Å². The van der Waals surface area contributed by atoms with Crippen molar-refractivity contribution in [2.24, 2.45) is 0 Å². The summed E-state index contributed by atoms with van der Waals surface area (Å²) in [5, 5.41) is 21.9. The Hall–Kier alpha value is -2.29. The Labute approximate surface area is 216 Å². The average molecular weight is 513 g/mol. The highest BCUT2D eigenvalue weighted by atomic mass is 28.4. The summed E-state index contributed by atoms with van der Waals surface area (Å²) in [5.74, 6) is -0.963. The van der Waals surface area contributed by atoms with Crippen molar-refractivity contribution in [3.8, 4) is 0 Å². The number of aliphatic hydroxyl groups excluding tert-OH is 1. The van der Waals surface area contributed by atoms with Crippen molar-refractivity contribution in [3.63, 3.8) is 0 Å². The summed E-state index contributed by atoms with van der Waals surface area (Å²) in [6.45, 7) is 10.6. The first-order chi connectivity index (χ1) is 17.0. The van der Waals surface area contributed by atoms with E-state index in [2.05, 4.69) is 69.3 Å². The third-order valence-electron chi connectivity index (χ3n) is 6.77. The first-order valence-electron chi connectivity index (χ1n) is 12.7. The predicted octanol–water partition coefficient (Wildman–Crippen LogP) is 4.25. The molecule has 6 nitrogen and oxygen atoms in total. The number of carbonyl (C=O) groups is 1. The van der Waals surface area contributed by atoms with E-state index in [1.807, 2.05) is 26.0 Å². The van der Waals surface area contributed by atoms with Crippen LogP contribution in [0.1, 0.15) is 53.9 Å². The standard InChI is InChI=1S/C29H40O6Si/c1-21(14-12-13-19-27(31)32)33-28-25(30)20-26(22(2)34-28)35-36(29(3,4)5,23-15-8-6-9-16-23)24-17-10-7-11-18-24/h6-11,13,15-19,21-22,25-26,28,30H,12,14,20H2,1-5H3,(H,31,32)/b19-13+/t21?,22-,25+,26+,28+/m0/s1.